The van der Waals surface area contributed by atoms with E-state index >= 15 is 0 Å². The van der Waals surface area contributed by atoms with Crippen LogP contribution in [0.25, 0.3) is 0 Å². The smallest absolute Gasteiger partial charge is 0.273 e. The van der Waals surface area contributed by atoms with Gasteiger partial charge in [-0.3, -0.25) is 19.7 Å². The first-order chi connectivity index (χ1) is 11.5. The molecular weight excluding hydrogens is 312 g/mol. The molecule has 0 spiro atoms. The van der Waals surface area contributed by atoms with Gasteiger partial charge in [-0.1, -0.05) is 12.2 Å². The fraction of sp³-hybridized carbons (Fsp3) is 0.412. The molecular formula is C17H16N2O5. The highest BCUT2D eigenvalue weighted by Gasteiger charge is 2.57. The van der Waals surface area contributed by atoms with Gasteiger partial charge >= 0.3 is 0 Å². The molecule has 2 amide bonds. The van der Waals surface area contributed by atoms with Crippen molar-refractivity contribution in [3.05, 3.63) is 40.5 Å². The predicted molar refractivity (Wildman–Crippen MR) is 84.5 cm³/mol. The molecule has 1 saturated heterocycles. The summed E-state index contributed by atoms with van der Waals surface area (Å²) in [7, 11) is 1.37. The topological polar surface area (TPSA) is 89.8 Å². The second-order valence-corrected chi connectivity index (χ2v) is 6.47. The highest BCUT2D eigenvalue weighted by molar-refractivity contribution is 6.23. The zero-order valence-electron chi connectivity index (χ0n) is 13.0. The molecule has 3 aliphatic carbocycles. The number of nitro benzene ring substituents is 1. The Bertz CT molecular complexity index is 755. The van der Waals surface area contributed by atoms with E-state index in [4.69, 9.17) is 4.74 Å². The zero-order valence-corrected chi connectivity index (χ0v) is 13.0. The molecule has 4 aliphatic rings. The number of nitrogens with zero attached hydrogens (tertiary/aromatic N) is 2. The zero-order chi connectivity index (χ0) is 17.0. The summed E-state index contributed by atoms with van der Waals surface area (Å²) in [5, 5.41) is 10.9. The first-order valence-electron chi connectivity index (χ1n) is 7.91. The fourth-order valence-corrected chi connectivity index (χ4v) is 4.28. The third kappa shape index (κ3) is 1.90. The molecule has 1 heterocycles. The van der Waals surface area contributed by atoms with Gasteiger partial charge in [-0.15, -0.1) is 0 Å². The standard InChI is InChI=1S/C17H16N2O5/c1-24-13-8-11(19(22)23)6-7-12(13)18-16(20)14-9-2-3-10(5-4-9)15(14)17(18)21/h2-3,6-10,14-15H,4-5H2,1H3. The summed E-state index contributed by atoms with van der Waals surface area (Å²) in [6, 6.07) is 3.94. The lowest BCUT2D eigenvalue weighted by Gasteiger charge is -2.38. The van der Waals surface area contributed by atoms with Gasteiger partial charge in [0.15, 0.2) is 0 Å². The minimum Gasteiger partial charge on any atom is -0.494 e. The van der Waals surface area contributed by atoms with Crippen molar-refractivity contribution in [1.29, 1.82) is 0 Å². The maximum atomic E-state index is 12.9. The van der Waals surface area contributed by atoms with Crippen LogP contribution >= 0.6 is 0 Å². The van der Waals surface area contributed by atoms with E-state index in [1.807, 2.05) is 0 Å². The normalized spacial score (nSPS) is 30.6. The van der Waals surface area contributed by atoms with Crippen LogP contribution in [0, 0.1) is 33.8 Å². The summed E-state index contributed by atoms with van der Waals surface area (Å²) < 4.78 is 5.20. The lowest BCUT2D eigenvalue weighted by atomic mass is 9.63. The number of carbonyl (C=O) groups is 2. The number of ether oxygens (including phenoxy) is 1. The number of methoxy groups -OCH3 is 1. The van der Waals surface area contributed by atoms with Crippen molar-refractivity contribution in [2.24, 2.45) is 23.7 Å². The summed E-state index contributed by atoms with van der Waals surface area (Å²) in [4.78, 5) is 37.4. The van der Waals surface area contributed by atoms with E-state index in [2.05, 4.69) is 12.2 Å². The second-order valence-electron chi connectivity index (χ2n) is 6.47. The molecule has 1 aromatic rings. The van der Waals surface area contributed by atoms with E-state index in [0.717, 1.165) is 17.7 Å². The first kappa shape index (κ1) is 14.9. The Morgan fingerprint density at radius 1 is 1.12 bits per heavy atom. The summed E-state index contributed by atoms with van der Waals surface area (Å²) in [5.41, 5.74) is 0.140. The molecule has 24 heavy (non-hydrogen) atoms. The third-order valence-electron chi connectivity index (χ3n) is 5.37. The van der Waals surface area contributed by atoms with Gasteiger partial charge in [-0.2, -0.15) is 0 Å². The van der Waals surface area contributed by atoms with Crippen LogP contribution < -0.4 is 9.64 Å². The minimum absolute atomic E-state index is 0.102. The molecule has 1 aromatic carbocycles. The molecule has 0 N–H and O–H groups in total. The summed E-state index contributed by atoms with van der Waals surface area (Å²) in [6.45, 7) is 0. The average Bonchev–Trinajstić information content (AvgIpc) is 2.88. The van der Waals surface area contributed by atoms with E-state index in [9.17, 15) is 19.7 Å². The Hall–Kier alpha value is -2.70. The number of hydrogen-bond donors (Lipinski definition) is 0. The van der Waals surface area contributed by atoms with Gasteiger partial charge in [-0.05, 0) is 30.7 Å². The van der Waals surface area contributed by atoms with Gasteiger partial charge in [0.2, 0.25) is 11.8 Å². The second kappa shape index (κ2) is 5.15. The molecule has 2 bridgehead atoms. The summed E-state index contributed by atoms with van der Waals surface area (Å²) >= 11 is 0. The van der Waals surface area contributed by atoms with Gasteiger partial charge in [0.25, 0.3) is 5.69 Å². The molecule has 1 aliphatic heterocycles. The van der Waals surface area contributed by atoms with E-state index in [1.165, 1.54) is 25.3 Å². The van der Waals surface area contributed by atoms with Crippen LogP contribution in [0.1, 0.15) is 12.8 Å². The Labute approximate surface area is 138 Å². The van der Waals surface area contributed by atoms with Gasteiger partial charge in [-0.25, -0.2) is 4.90 Å². The average molecular weight is 328 g/mol. The van der Waals surface area contributed by atoms with Crippen molar-refractivity contribution >= 4 is 23.2 Å². The van der Waals surface area contributed by atoms with E-state index < -0.39 is 4.92 Å². The molecule has 7 nitrogen and oxygen atoms in total. The number of carbonyl (C=O) groups excluding carboxylic acids is 2. The minimum atomic E-state index is -0.538. The summed E-state index contributed by atoms with van der Waals surface area (Å²) in [5.74, 6) is -0.726. The lowest BCUT2D eigenvalue weighted by Crippen LogP contribution is -2.38. The maximum absolute atomic E-state index is 12.9. The van der Waals surface area contributed by atoms with Crippen LogP contribution in [-0.2, 0) is 9.59 Å². The SMILES string of the molecule is COc1cc([N+](=O)[O-])ccc1N1C(=O)C2C3C=CC(CC3)C2C1=O. The molecule has 0 aromatic heterocycles. The molecule has 124 valence electrons. The van der Waals surface area contributed by atoms with Gasteiger partial charge < -0.3 is 4.74 Å². The maximum Gasteiger partial charge on any atom is 0.273 e. The van der Waals surface area contributed by atoms with Crippen molar-refractivity contribution in [3.8, 4) is 5.75 Å². The predicted octanol–water partition coefficient (Wildman–Crippen LogP) is 2.30. The van der Waals surface area contributed by atoms with Crippen molar-refractivity contribution in [2.45, 2.75) is 12.8 Å². The molecule has 2 fully saturated rings. The number of allylic oxidation sites excluding steroid dienone is 2. The number of rotatable bonds is 3. The number of fused-ring (bicyclic) bond motifs is 1. The van der Waals surface area contributed by atoms with Crippen LogP contribution in [0.3, 0.4) is 0 Å². The van der Waals surface area contributed by atoms with Gasteiger partial charge in [0.1, 0.15) is 5.75 Å². The number of nitro groups is 1. The van der Waals surface area contributed by atoms with Crippen molar-refractivity contribution in [1.82, 2.24) is 0 Å². The van der Waals surface area contributed by atoms with Gasteiger partial charge in [0, 0.05) is 6.07 Å². The quantitative estimate of drug-likeness (QED) is 0.367. The Morgan fingerprint density at radius 2 is 1.71 bits per heavy atom. The van der Waals surface area contributed by atoms with Crippen LogP contribution in [0.4, 0.5) is 11.4 Å². The number of anilines is 1. The monoisotopic (exact) mass is 328 g/mol. The van der Waals surface area contributed by atoms with Gasteiger partial charge in [0.05, 0.1) is 35.6 Å². The Kier molecular flexibility index (Phi) is 3.19. The van der Waals surface area contributed by atoms with E-state index in [1.54, 1.807) is 0 Å². The number of benzene rings is 1. The number of hydrogen-bond acceptors (Lipinski definition) is 5. The lowest BCUT2D eigenvalue weighted by molar-refractivity contribution is -0.384. The van der Waals surface area contributed by atoms with Crippen molar-refractivity contribution < 1.29 is 19.2 Å². The number of non-ortho nitro benzene ring substituents is 1. The van der Waals surface area contributed by atoms with Crippen molar-refractivity contribution in [2.75, 3.05) is 12.0 Å². The Balaban J connectivity index is 1.77. The molecule has 5 rings (SSSR count). The number of amides is 2. The third-order valence-corrected chi connectivity index (χ3v) is 5.37. The highest BCUT2D eigenvalue weighted by atomic mass is 16.6. The van der Waals surface area contributed by atoms with Crippen molar-refractivity contribution in [3.63, 3.8) is 0 Å². The van der Waals surface area contributed by atoms with Crippen LogP contribution in [0.5, 0.6) is 5.75 Å². The highest BCUT2D eigenvalue weighted by Crippen LogP contribution is 2.51. The molecule has 0 radical (unpaired) electrons. The molecule has 4 atom stereocenters. The fourth-order valence-electron chi connectivity index (χ4n) is 4.28. The largest absolute Gasteiger partial charge is 0.494 e. The molecule has 4 unspecified atom stereocenters. The van der Waals surface area contributed by atoms with Crippen LogP contribution in [0.15, 0.2) is 30.4 Å². The van der Waals surface area contributed by atoms with E-state index in [-0.39, 0.29) is 52.6 Å². The first-order valence-corrected chi connectivity index (χ1v) is 7.91. The van der Waals surface area contributed by atoms with Crippen LogP contribution in [-0.4, -0.2) is 23.8 Å². The number of imide groups is 1. The summed E-state index contributed by atoms with van der Waals surface area (Å²) in [6.07, 6.45) is 5.95. The van der Waals surface area contributed by atoms with E-state index in [0.29, 0.717) is 0 Å². The van der Waals surface area contributed by atoms with Crippen LogP contribution in [0.2, 0.25) is 0 Å². The molecule has 1 saturated carbocycles. The Morgan fingerprint density at radius 3 is 2.17 bits per heavy atom. The molecule has 7 heteroatoms.